The third-order valence-electron chi connectivity index (χ3n) is 2.55. The summed E-state index contributed by atoms with van der Waals surface area (Å²) in [4.78, 5) is 36.7. The number of alkyl halides is 1. The van der Waals surface area contributed by atoms with E-state index in [-0.39, 0.29) is 26.2 Å². The van der Waals surface area contributed by atoms with Crippen LogP contribution in [0.2, 0.25) is 0 Å². The van der Waals surface area contributed by atoms with Crippen molar-refractivity contribution in [3.8, 4) is 0 Å². The highest BCUT2D eigenvalue weighted by molar-refractivity contribution is 9.09. The molecule has 0 atom stereocenters. The zero-order valence-corrected chi connectivity index (χ0v) is 14.1. The fourth-order valence-electron chi connectivity index (χ4n) is 1.59. The Labute approximate surface area is 132 Å². The molecule has 0 aromatic carbocycles. The normalized spacial score (nSPS) is 11.2. The number of hydrogen-bond acceptors (Lipinski definition) is 6. The van der Waals surface area contributed by atoms with Crippen molar-refractivity contribution in [2.24, 2.45) is 5.41 Å². The van der Waals surface area contributed by atoms with Gasteiger partial charge in [0, 0.05) is 11.8 Å². The van der Waals surface area contributed by atoms with E-state index >= 15 is 0 Å². The molecule has 0 unspecified atom stereocenters. The van der Waals surface area contributed by atoms with Crippen molar-refractivity contribution in [2.45, 2.75) is 27.2 Å². The van der Waals surface area contributed by atoms with E-state index in [0.29, 0.717) is 5.33 Å². The minimum Gasteiger partial charge on any atom is -0.465 e. The summed E-state index contributed by atoms with van der Waals surface area (Å²) in [7, 11) is 0. The highest BCUT2D eigenvalue weighted by atomic mass is 79.9. The third-order valence-corrected chi connectivity index (χ3v) is 2.93. The van der Waals surface area contributed by atoms with Gasteiger partial charge in [0.2, 0.25) is 0 Å². The van der Waals surface area contributed by atoms with E-state index in [9.17, 15) is 14.4 Å². The lowest BCUT2D eigenvalue weighted by molar-refractivity contribution is -0.183. The molecular weight excluding hydrogens is 344 g/mol. The van der Waals surface area contributed by atoms with Crippen LogP contribution in [0.1, 0.15) is 27.2 Å². The van der Waals surface area contributed by atoms with E-state index in [0.717, 1.165) is 0 Å². The number of rotatable bonds is 9. The van der Waals surface area contributed by atoms with E-state index in [1.54, 1.807) is 32.9 Å². The first kappa shape index (κ1) is 19.6. The highest BCUT2D eigenvalue weighted by Crippen LogP contribution is 2.29. The first-order valence-electron chi connectivity index (χ1n) is 6.73. The molecule has 0 heterocycles. The maximum absolute atomic E-state index is 12.2. The Morgan fingerprint density at radius 3 is 1.52 bits per heavy atom. The van der Waals surface area contributed by atoms with Gasteiger partial charge < -0.3 is 14.2 Å². The summed E-state index contributed by atoms with van der Waals surface area (Å²) < 4.78 is 14.7. The van der Waals surface area contributed by atoms with Gasteiger partial charge in [-0.1, -0.05) is 28.1 Å². The molecule has 0 aromatic rings. The van der Waals surface area contributed by atoms with Gasteiger partial charge in [-0.05, 0) is 20.8 Å². The van der Waals surface area contributed by atoms with Crippen molar-refractivity contribution in [1.82, 2.24) is 0 Å². The Morgan fingerprint density at radius 1 is 0.857 bits per heavy atom. The number of allylic oxidation sites excluding steroid dienone is 2. The Bertz CT molecular complexity index is 345. The van der Waals surface area contributed by atoms with E-state index in [1.165, 1.54) is 0 Å². The van der Waals surface area contributed by atoms with Gasteiger partial charge in [0.05, 0.1) is 19.8 Å². The topological polar surface area (TPSA) is 78.9 Å². The number of ether oxygens (including phenoxy) is 3. The summed E-state index contributed by atoms with van der Waals surface area (Å²) in [5.41, 5.74) is -2.11. The van der Waals surface area contributed by atoms with Crippen molar-refractivity contribution < 1.29 is 28.6 Å². The molecule has 0 bridgehead atoms. The van der Waals surface area contributed by atoms with Crippen LogP contribution >= 0.6 is 15.9 Å². The van der Waals surface area contributed by atoms with Gasteiger partial charge in [0.1, 0.15) is 0 Å². The standard InChI is InChI=1S/C14H21BrO6/c1-4-19-11(16)14(9-7-8-10-15,12(17)20-5-2)13(18)21-6-3/h7-8H,4-6,9-10H2,1-3H3/b8-7+. The van der Waals surface area contributed by atoms with Gasteiger partial charge in [-0.15, -0.1) is 0 Å². The van der Waals surface area contributed by atoms with Gasteiger partial charge in [-0.25, -0.2) is 0 Å². The lowest BCUT2D eigenvalue weighted by Crippen LogP contribution is -2.49. The minimum atomic E-state index is -2.11. The van der Waals surface area contributed by atoms with Crippen LogP contribution in [0.15, 0.2) is 12.2 Å². The lowest BCUT2D eigenvalue weighted by Gasteiger charge is -2.25. The maximum Gasteiger partial charge on any atom is 0.335 e. The maximum atomic E-state index is 12.2. The molecule has 0 aromatic heterocycles. The summed E-state index contributed by atoms with van der Waals surface area (Å²) >= 11 is 3.19. The molecule has 0 aliphatic heterocycles. The predicted molar refractivity (Wildman–Crippen MR) is 79.9 cm³/mol. The molecule has 0 aliphatic rings. The number of carbonyl (C=O) groups is 3. The molecule has 0 fully saturated rings. The van der Waals surface area contributed by atoms with Gasteiger partial charge in [0.15, 0.2) is 0 Å². The molecule has 0 aliphatic carbocycles. The second kappa shape index (κ2) is 10.4. The van der Waals surface area contributed by atoms with Crippen LogP contribution in [0.25, 0.3) is 0 Å². The second-order valence-corrected chi connectivity index (χ2v) is 4.54. The molecule has 21 heavy (non-hydrogen) atoms. The number of halogens is 1. The molecule has 7 heteroatoms. The van der Waals surface area contributed by atoms with Crippen LogP contribution in [0, 0.1) is 5.41 Å². The molecule has 0 rings (SSSR count). The SMILES string of the molecule is CCOC(=O)C(C/C=C/CBr)(C(=O)OCC)C(=O)OCC. The first-order valence-corrected chi connectivity index (χ1v) is 7.85. The lowest BCUT2D eigenvalue weighted by atomic mass is 9.84. The van der Waals surface area contributed by atoms with Crippen molar-refractivity contribution in [3.63, 3.8) is 0 Å². The van der Waals surface area contributed by atoms with Crippen molar-refractivity contribution in [3.05, 3.63) is 12.2 Å². The highest BCUT2D eigenvalue weighted by Gasteiger charge is 2.56. The monoisotopic (exact) mass is 364 g/mol. The molecule has 0 saturated carbocycles. The average molecular weight is 365 g/mol. The van der Waals surface area contributed by atoms with E-state index in [1.807, 2.05) is 0 Å². The Hall–Kier alpha value is -1.37. The van der Waals surface area contributed by atoms with Crippen LogP contribution < -0.4 is 0 Å². The summed E-state index contributed by atoms with van der Waals surface area (Å²) in [6.45, 7) is 4.90. The summed E-state index contributed by atoms with van der Waals surface area (Å²) in [5, 5.41) is 0.525. The Morgan fingerprint density at radius 2 is 1.24 bits per heavy atom. The molecule has 0 radical (unpaired) electrons. The van der Waals surface area contributed by atoms with E-state index < -0.39 is 23.3 Å². The predicted octanol–water partition coefficient (Wildman–Crippen LogP) is 2.00. The van der Waals surface area contributed by atoms with Crippen LogP contribution in [-0.4, -0.2) is 43.1 Å². The van der Waals surface area contributed by atoms with Crippen molar-refractivity contribution >= 4 is 33.8 Å². The average Bonchev–Trinajstić information content (AvgIpc) is 2.44. The molecule has 6 nitrogen and oxygen atoms in total. The van der Waals surface area contributed by atoms with Crippen LogP contribution in [0.5, 0.6) is 0 Å². The van der Waals surface area contributed by atoms with Crippen molar-refractivity contribution in [2.75, 3.05) is 25.2 Å². The fourth-order valence-corrected chi connectivity index (χ4v) is 1.85. The van der Waals surface area contributed by atoms with Crippen LogP contribution in [0.3, 0.4) is 0 Å². The largest absolute Gasteiger partial charge is 0.465 e. The molecule has 0 spiro atoms. The molecule has 120 valence electrons. The molecular formula is C14H21BrO6. The van der Waals surface area contributed by atoms with Gasteiger partial charge in [-0.3, -0.25) is 14.4 Å². The van der Waals surface area contributed by atoms with E-state index in [4.69, 9.17) is 14.2 Å². The van der Waals surface area contributed by atoms with Crippen molar-refractivity contribution in [1.29, 1.82) is 0 Å². The second-order valence-electron chi connectivity index (χ2n) is 3.90. The number of esters is 3. The molecule has 0 amide bonds. The van der Waals surface area contributed by atoms with Crippen LogP contribution in [0.4, 0.5) is 0 Å². The summed E-state index contributed by atoms with van der Waals surface area (Å²) in [6.07, 6.45) is 3.04. The Balaban J connectivity index is 5.67. The zero-order valence-electron chi connectivity index (χ0n) is 12.5. The molecule has 0 N–H and O–H groups in total. The summed E-state index contributed by atoms with van der Waals surface area (Å²) in [5.74, 6) is -2.87. The van der Waals surface area contributed by atoms with Crippen LogP contribution in [-0.2, 0) is 28.6 Å². The van der Waals surface area contributed by atoms with Gasteiger partial charge >= 0.3 is 17.9 Å². The van der Waals surface area contributed by atoms with E-state index in [2.05, 4.69) is 15.9 Å². The fraction of sp³-hybridized carbons (Fsp3) is 0.643. The minimum absolute atomic E-state index is 0.0432. The first-order chi connectivity index (χ1) is 10.0. The Kier molecular flexibility index (Phi) is 9.69. The smallest absolute Gasteiger partial charge is 0.335 e. The zero-order chi connectivity index (χ0) is 16.3. The molecule has 0 saturated heterocycles. The van der Waals surface area contributed by atoms with Gasteiger partial charge in [-0.2, -0.15) is 0 Å². The number of carbonyl (C=O) groups excluding carboxylic acids is 3. The van der Waals surface area contributed by atoms with Gasteiger partial charge in [0.25, 0.3) is 5.41 Å². The number of hydrogen-bond donors (Lipinski definition) is 0. The third kappa shape index (κ3) is 5.15. The quantitative estimate of drug-likeness (QED) is 0.204. The summed E-state index contributed by atoms with van der Waals surface area (Å²) in [6, 6.07) is 0.